The van der Waals surface area contributed by atoms with Gasteiger partial charge in [-0.3, -0.25) is 0 Å². The molecule has 0 bridgehead atoms. The van der Waals surface area contributed by atoms with E-state index in [4.69, 9.17) is 5.73 Å². The van der Waals surface area contributed by atoms with Crippen molar-refractivity contribution in [2.75, 3.05) is 6.54 Å². The summed E-state index contributed by atoms with van der Waals surface area (Å²) < 4.78 is 0. The monoisotopic (exact) mass is 184 g/mol. The second-order valence-corrected chi connectivity index (χ2v) is 4.87. The van der Waals surface area contributed by atoms with Crippen molar-refractivity contribution in [3.05, 3.63) is 0 Å². The summed E-state index contributed by atoms with van der Waals surface area (Å²) in [6.07, 6.45) is 5.27. The molecule has 0 saturated heterocycles. The molecule has 78 valence electrons. The van der Waals surface area contributed by atoms with Gasteiger partial charge in [-0.15, -0.1) is 0 Å². The Hall–Kier alpha value is -0.0800. The van der Waals surface area contributed by atoms with Gasteiger partial charge in [0.25, 0.3) is 0 Å². The van der Waals surface area contributed by atoms with Crippen LogP contribution in [0.3, 0.4) is 0 Å². The van der Waals surface area contributed by atoms with Gasteiger partial charge in [-0.25, -0.2) is 0 Å². The topological polar surface area (TPSA) is 38.0 Å². The molecule has 0 amide bonds. The number of rotatable bonds is 6. The van der Waals surface area contributed by atoms with E-state index in [1.54, 1.807) is 0 Å². The predicted molar refractivity (Wildman–Crippen MR) is 57.7 cm³/mol. The minimum absolute atomic E-state index is 0.177. The van der Waals surface area contributed by atoms with Crippen LogP contribution in [0.4, 0.5) is 0 Å². The van der Waals surface area contributed by atoms with Gasteiger partial charge in [0.05, 0.1) is 0 Å². The molecule has 2 heteroatoms. The molecule has 0 aliphatic heterocycles. The second kappa shape index (κ2) is 4.43. The first-order chi connectivity index (χ1) is 6.09. The first-order valence-electron chi connectivity index (χ1n) is 5.57. The molecule has 0 aromatic carbocycles. The van der Waals surface area contributed by atoms with Gasteiger partial charge >= 0.3 is 0 Å². The maximum Gasteiger partial charge on any atom is 0.0280 e. The Kier molecular flexibility index (Phi) is 3.74. The predicted octanol–water partition coefficient (Wildman–Crippen LogP) is 1.89. The number of nitrogens with two attached hydrogens (primary N) is 1. The molecule has 1 aliphatic carbocycles. The first-order valence-corrected chi connectivity index (χ1v) is 5.57. The van der Waals surface area contributed by atoms with Crippen molar-refractivity contribution in [3.8, 4) is 0 Å². The van der Waals surface area contributed by atoms with Gasteiger partial charge in [0.15, 0.2) is 0 Å². The summed E-state index contributed by atoms with van der Waals surface area (Å²) in [5, 5.41) is 3.64. The highest BCUT2D eigenvalue weighted by Gasteiger charge is 2.32. The molecule has 0 aromatic rings. The largest absolute Gasteiger partial charge is 0.329 e. The van der Waals surface area contributed by atoms with Gasteiger partial charge in [0.1, 0.15) is 0 Å². The molecule has 2 atom stereocenters. The third-order valence-corrected chi connectivity index (χ3v) is 3.09. The van der Waals surface area contributed by atoms with E-state index in [2.05, 4.69) is 26.1 Å². The van der Waals surface area contributed by atoms with E-state index in [0.717, 1.165) is 12.5 Å². The summed E-state index contributed by atoms with van der Waals surface area (Å²) in [4.78, 5) is 0. The fourth-order valence-electron chi connectivity index (χ4n) is 1.86. The van der Waals surface area contributed by atoms with E-state index in [1.807, 2.05) is 0 Å². The van der Waals surface area contributed by atoms with Crippen molar-refractivity contribution in [3.63, 3.8) is 0 Å². The lowest BCUT2D eigenvalue weighted by Crippen LogP contribution is -2.52. The number of hydrogen-bond donors (Lipinski definition) is 2. The highest BCUT2D eigenvalue weighted by atomic mass is 15.0. The van der Waals surface area contributed by atoms with E-state index in [0.29, 0.717) is 6.04 Å². The van der Waals surface area contributed by atoms with Crippen LogP contribution in [-0.2, 0) is 0 Å². The van der Waals surface area contributed by atoms with Crippen molar-refractivity contribution in [1.82, 2.24) is 5.32 Å². The molecule has 2 nitrogen and oxygen atoms in total. The van der Waals surface area contributed by atoms with Crippen LogP contribution >= 0.6 is 0 Å². The Morgan fingerprint density at radius 1 is 1.54 bits per heavy atom. The normalized spacial score (nSPS) is 24.0. The summed E-state index contributed by atoms with van der Waals surface area (Å²) in [5.41, 5.74) is 6.00. The van der Waals surface area contributed by atoms with Crippen molar-refractivity contribution < 1.29 is 0 Å². The zero-order valence-electron chi connectivity index (χ0n) is 9.27. The summed E-state index contributed by atoms with van der Waals surface area (Å²) in [6.45, 7) is 7.47. The molecule has 3 N–H and O–H groups in total. The van der Waals surface area contributed by atoms with Gasteiger partial charge < -0.3 is 11.1 Å². The molecule has 13 heavy (non-hydrogen) atoms. The fourth-order valence-corrected chi connectivity index (χ4v) is 1.86. The molecule has 0 radical (unpaired) electrons. The maximum atomic E-state index is 5.82. The van der Waals surface area contributed by atoms with Crippen LogP contribution in [0.25, 0.3) is 0 Å². The van der Waals surface area contributed by atoms with Gasteiger partial charge in [-0.1, -0.05) is 19.8 Å². The van der Waals surface area contributed by atoms with Gasteiger partial charge in [-0.2, -0.15) is 0 Å². The van der Waals surface area contributed by atoms with Crippen LogP contribution in [0.2, 0.25) is 0 Å². The Morgan fingerprint density at radius 2 is 2.15 bits per heavy atom. The third-order valence-electron chi connectivity index (χ3n) is 3.09. The maximum absolute atomic E-state index is 5.82. The highest BCUT2D eigenvalue weighted by Crippen LogP contribution is 2.36. The highest BCUT2D eigenvalue weighted by molar-refractivity contribution is 4.92. The summed E-state index contributed by atoms with van der Waals surface area (Å²) in [7, 11) is 0. The van der Waals surface area contributed by atoms with Crippen molar-refractivity contribution in [2.24, 2.45) is 11.7 Å². The lowest BCUT2D eigenvalue weighted by atomic mass is 9.93. The molecular formula is C11H24N2. The standard InChI is InChI=1S/C11H24N2/c1-4-9(2)13-11(3,8-12)7-10-5-6-10/h9-10,13H,4-8,12H2,1-3H3. The van der Waals surface area contributed by atoms with E-state index in [1.165, 1.54) is 25.7 Å². The first kappa shape index (κ1) is 11.0. The Bertz CT molecular complexity index is 154. The molecular weight excluding hydrogens is 160 g/mol. The Labute approximate surface area is 82.3 Å². The van der Waals surface area contributed by atoms with Crippen LogP contribution < -0.4 is 11.1 Å². The number of nitrogens with one attached hydrogen (secondary N) is 1. The van der Waals surface area contributed by atoms with Crippen LogP contribution in [-0.4, -0.2) is 18.1 Å². The van der Waals surface area contributed by atoms with Gasteiger partial charge in [0.2, 0.25) is 0 Å². The zero-order valence-corrected chi connectivity index (χ0v) is 9.27. The van der Waals surface area contributed by atoms with E-state index >= 15 is 0 Å². The molecule has 1 saturated carbocycles. The van der Waals surface area contributed by atoms with E-state index in [-0.39, 0.29) is 5.54 Å². The molecule has 1 aliphatic rings. The SMILES string of the molecule is CCC(C)NC(C)(CN)CC1CC1. The Morgan fingerprint density at radius 3 is 2.54 bits per heavy atom. The van der Waals surface area contributed by atoms with E-state index < -0.39 is 0 Å². The summed E-state index contributed by atoms with van der Waals surface area (Å²) in [6, 6.07) is 0.590. The molecule has 0 spiro atoms. The number of hydrogen-bond acceptors (Lipinski definition) is 2. The quantitative estimate of drug-likeness (QED) is 0.661. The molecule has 0 heterocycles. The third kappa shape index (κ3) is 3.65. The fraction of sp³-hybridized carbons (Fsp3) is 1.00. The van der Waals surface area contributed by atoms with Gasteiger partial charge in [-0.05, 0) is 32.6 Å². The minimum atomic E-state index is 0.177. The smallest absolute Gasteiger partial charge is 0.0280 e. The molecule has 2 unspecified atom stereocenters. The van der Waals surface area contributed by atoms with E-state index in [9.17, 15) is 0 Å². The van der Waals surface area contributed by atoms with Crippen molar-refractivity contribution in [2.45, 2.75) is 58.0 Å². The van der Waals surface area contributed by atoms with Gasteiger partial charge in [0, 0.05) is 18.1 Å². The molecule has 1 rings (SSSR count). The van der Waals surface area contributed by atoms with Crippen molar-refractivity contribution in [1.29, 1.82) is 0 Å². The average molecular weight is 184 g/mol. The van der Waals surface area contributed by atoms with Crippen LogP contribution in [0.5, 0.6) is 0 Å². The van der Waals surface area contributed by atoms with Crippen LogP contribution in [0.15, 0.2) is 0 Å². The lowest BCUT2D eigenvalue weighted by molar-refractivity contribution is 0.288. The Balaban J connectivity index is 2.36. The summed E-state index contributed by atoms with van der Waals surface area (Å²) in [5.74, 6) is 0.949. The molecule has 1 fully saturated rings. The van der Waals surface area contributed by atoms with Crippen LogP contribution in [0, 0.1) is 5.92 Å². The summed E-state index contributed by atoms with van der Waals surface area (Å²) >= 11 is 0. The zero-order chi connectivity index (χ0) is 9.90. The van der Waals surface area contributed by atoms with Crippen LogP contribution in [0.1, 0.15) is 46.5 Å². The van der Waals surface area contributed by atoms with Crippen molar-refractivity contribution >= 4 is 0 Å². The molecule has 0 aromatic heterocycles. The lowest BCUT2D eigenvalue weighted by Gasteiger charge is -2.33. The second-order valence-electron chi connectivity index (χ2n) is 4.87. The average Bonchev–Trinajstić information content (AvgIpc) is 2.88. The minimum Gasteiger partial charge on any atom is -0.329 e.